The van der Waals surface area contributed by atoms with Gasteiger partial charge in [0.15, 0.2) is 0 Å². The molecule has 0 spiro atoms. The monoisotopic (exact) mass is 224 g/mol. The first-order chi connectivity index (χ1) is 8.16. The van der Waals surface area contributed by atoms with E-state index in [9.17, 15) is 4.79 Å². The maximum absolute atomic E-state index is 11.4. The Balaban J connectivity index is 2.25. The van der Waals surface area contributed by atoms with Crippen LogP contribution in [0.5, 0.6) is 0 Å². The highest BCUT2D eigenvalue weighted by molar-refractivity contribution is 6.33. The topological polar surface area (TPSA) is 58.9 Å². The van der Waals surface area contributed by atoms with E-state index in [1.807, 2.05) is 18.2 Å². The van der Waals surface area contributed by atoms with Crippen LogP contribution >= 0.6 is 0 Å². The molecule has 1 aromatic heterocycles. The Bertz CT molecular complexity index is 603. The van der Waals surface area contributed by atoms with Crippen LogP contribution < -0.4 is 11.2 Å². The molecule has 84 valence electrons. The standard InChI is InChI=1S/C13H13BN2O/c14-7-4-5-11-10(6-7)8-2-1-3-9(13(15)17)12(8)16-11/h4-6,9,16H,1-3H2,(H2,15,17). The quantitative estimate of drug-likeness (QED) is 0.693. The third-order valence-electron chi connectivity index (χ3n) is 3.57. The van der Waals surface area contributed by atoms with E-state index in [4.69, 9.17) is 13.6 Å². The zero-order valence-electron chi connectivity index (χ0n) is 9.49. The van der Waals surface area contributed by atoms with Crippen LogP contribution in [0, 0.1) is 0 Å². The van der Waals surface area contributed by atoms with Crippen molar-refractivity contribution < 1.29 is 4.79 Å². The molecule has 1 atom stereocenters. The highest BCUT2D eigenvalue weighted by atomic mass is 16.1. The van der Waals surface area contributed by atoms with Gasteiger partial charge in [-0.25, -0.2) is 0 Å². The predicted octanol–water partition coefficient (Wildman–Crippen LogP) is 0.867. The second-order valence-electron chi connectivity index (χ2n) is 4.67. The fourth-order valence-electron chi connectivity index (χ4n) is 2.76. The Morgan fingerprint density at radius 3 is 3.06 bits per heavy atom. The average Bonchev–Trinajstić information content (AvgIpc) is 2.66. The van der Waals surface area contributed by atoms with Gasteiger partial charge in [0, 0.05) is 16.6 Å². The summed E-state index contributed by atoms with van der Waals surface area (Å²) in [6.45, 7) is 0. The van der Waals surface area contributed by atoms with Crippen LogP contribution in [0.3, 0.4) is 0 Å². The second-order valence-corrected chi connectivity index (χ2v) is 4.67. The normalized spacial score (nSPS) is 19.2. The molecule has 0 aliphatic heterocycles. The summed E-state index contributed by atoms with van der Waals surface area (Å²) in [6, 6.07) is 5.79. The molecule has 2 radical (unpaired) electrons. The van der Waals surface area contributed by atoms with E-state index in [0.717, 1.165) is 41.3 Å². The number of H-pyrrole nitrogens is 1. The van der Waals surface area contributed by atoms with Crippen molar-refractivity contribution in [3.63, 3.8) is 0 Å². The minimum absolute atomic E-state index is 0.174. The lowest BCUT2D eigenvalue weighted by molar-refractivity contribution is -0.119. The summed E-state index contributed by atoms with van der Waals surface area (Å²) in [7, 11) is 5.81. The number of aryl methyl sites for hydroxylation is 1. The van der Waals surface area contributed by atoms with Crippen molar-refractivity contribution in [2.24, 2.45) is 5.73 Å². The molecule has 0 saturated heterocycles. The molecule has 0 fully saturated rings. The van der Waals surface area contributed by atoms with E-state index in [2.05, 4.69) is 4.98 Å². The summed E-state index contributed by atoms with van der Waals surface area (Å²) in [4.78, 5) is 14.8. The van der Waals surface area contributed by atoms with E-state index < -0.39 is 0 Å². The molecule has 17 heavy (non-hydrogen) atoms. The fourth-order valence-corrected chi connectivity index (χ4v) is 2.76. The molecule has 3 rings (SSSR count). The Morgan fingerprint density at radius 2 is 2.29 bits per heavy atom. The highest BCUT2D eigenvalue weighted by Gasteiger charge is 2.27. The maximum atomic E-state index is 11.4. The zero-order valence-corrected chi connectivity index (χ0v) is 9.49. The Hall–Kier alpha value is -1.71. The summed E-state index contributed by atoms with van der Waals surface area (Å²) in [5.41, 5.74) is 9.44. The lowest BCUT2D eigenvalue weighted by Gasteiger charge is -2.19. The third kappa shape index (κ3) is 1.55. The number of fused-ring (bicyclic) bond motifs is 3. The van der Waals surface area contributed by atoms with Crippen molar-refractivity contribution in [3.05, 3.63) is 29.5 Å². The number of benzene rings is 1. The first kappa shape index (κ1) is 10.4. The Kier molecular flexibility index (Phi) is 2.25. The van der Waals surface area contributed by atoms with Gasteiger partial charge in [-0.3, -0.25) is 4.79 Å². The van der Waals surface area contributed by atoms with Crippen molar-refractivity contribution in [2.75, 3.05) is 0 Å². The van der Waals surface area contributed by atoms with Gasteiger partial charge < -0.3 is 10.7 Å². The average molecular weight is 224 g/mol. The van der Waals surface area contributed by atoms with Crippen molar-refractivity contribution in [2.45, 2.75) is 25.2 Å². The van der Waals surface area contributed by atoms with Crippen LogP contribution in [-0.2, 0) is 11.2 Å². The number of rotatable bonds is 1. The van der Waals surface area contributed by atoms with Gasteiger partial charge in [-0.05, 0) is 30.9 Å². The lowest BCUT2D eigenvalue weighted by atomic mass is 9.85. The van der Waals surface area contributed by atoms with Gasteiger partial charge in [0.25, 0.3) is 0 Å². The molecule has 4 heteroatoms. The first-order valence-corrected chi connectivity index (χ1v) is 5.86. The van der Waals surface area contributed by atoms with Gasteiger partial charge in [0.1, 0.15) is 7.85 Å². The minimum atomic E-state index is -0.245. The third-order valence-corrected chi connectivity index (χ3v) is 3.57. The van der Waals surface area contributed by atoms with Crippen LogP contribution in [0.15, 0.2) is 18.2 Å². The summed E-state index contributed by atoms with van der Waals surface area (Å²) in [5.74, 6) is -0.419. The number of primary amides is 1. The molecular formula is C13H13BN2O. The molecule has 1 heterocycles. The number of carbonyl (C=O) groups is 1. The molecular weight excluding hydrogens is 211 g/mol. The maximum Gasteiger partial charge on any atom is 0.226 e. The van der Waals surface area contributed by atoms with Gasteiger partial charge >= 0.3 is 0 Å². The molecule has 3 nitrogen and oxygen atoms in total. The predicted molar refractivity (Wildman–Crippen MR) is 68.6 cm³/mol. The van der Waals surface area contributed by atoms with Crippen LogP contribution in [-0.4, -0.2) is 18.7 Å². The molecule has 2 aromatic rings. The molecule has 1 unspecified atom stereocenters. The largest absolute Gasteiger partial charge is 0.369 e. The number of hydrogen-bond donors (Lipinski definition) is 2. The van der Waals surface area contributed by atoms with E-state index >= 15 is 0 Å². The van der Waals surface area contributed by atoms with Crippen molar-refractivity contribution in [3.8, 4) is 0 Å². The van der Waals surface area contributed by atoms with E-state index in [1.54, 1.807) is 0 Å². The summed E-state index contributed by atoms with van der Waals surface area (Å²) in [6.07, 6.45) is 2.83. The number of hydrogen-bond acceptors (Lipinski definition) is 1. The van der Waals surface area contributed by atoms with E-state index in [1.165, 1.54) is 5.56 Å². The smallest absolute Gasteiger partial charge is 0.226 e. The zero-order chi connectivity index (χ0) is 12.0. The molecule has 0 saturated carbocycles. The molecule has 0 bridgehead atoms. The number of amides is 1. The van der Waals surface area contributed by atoms with Crippen LogP contribution in [0.2, 0.25) is 0 Å². The van der Waals surface area contributed by atoms with Crippen molar-refractivity contribution in [1.82, 2.24) is 4.98 Å². The van der Waals surface area contributed by atoms with Crippen molar-refractivity contribution in [1.29, 1.82) is 0 Å². The molecule has 1 aromatic carbocycles. The number of nitrogens with two attached hydrogens (primary N) is 1. The van der Waals surface area contributed by atoms with Gasteiger partial charge in [0.2, 0.25) is 5.91 Å². The Labute approximate surface area is 101 Å². The van der Waals surface area contributed by atoms with Gasteiger partial charge in [-0.15, -0.1) is 0 Å². The van der Waals surface area contributed by atoms with Crippen LogP contribution in [0.4, 0.5) is 0 Å². The number of aromatic nitrogens is 1. The number of carbonyl (C=O) groups excluding carboxylic acids is 1. The SMILES string of the molecule is [B]c1ccc2[nH]c3c(c2c1)CCCC3C(N)=O. The molecule has 1 aliphatic carbocycles. The summed E-state index contributed by atoms with van der Waals surface area (Å²) < 4.78 is 0. The van der Waals surface area contributed by atoms with Gasteiger partial charge in [-0.1, -0.05) is 17.6 Å². The fraction of sp³-hybridized carbons (Fsp3) is 0.308. The van der Waals surface area contributed by atoms with Crippen molar-refractivity contribution >= 4 is 30.1 Å². The second kappa shape index (κ2) is 3.65. The van der Waals surface area contributed by atoms with E-state index in [0.29, 0.717) is 0 Å². The summed E-state index contributed by atoms with van der Waals surface area (Å²) >= 11 is 0. The van der Waals surface area contributed by atoms with Gasteiger partial charge in [-0.2, -0.15) is 0 Å². The summed E-state index contributed by atoms with van der Waals surface area (Å²) in [5, 5.41) is 1.13. The molecule has 1 amide bonds. The van der Waals surface area contributed by atoms with E-state index in [-0.39, 0.29) is 11.8 Å². The van der Waals surface area contributed by atoms with Gasteiger partial charge in [0.05, 0.1) is 5.92 Å². The molecule has 3 N–H and O–H groups in total. The highest BCUT2D eigenvalue weighted by Crippen LogP contribution is 2.35. The first-order valence-electron chi connectivity index (χ1n) is 5.86. The number of aromatic amines is 1. The van der Waals surface area contributed by atoms with Crippen LogP contribution in [0.25, 0.3) is 10.9 Å². The Morgan fingerprint density at radius 1 is 1.47 bits per heavy atom. The number of nitrogens with one attached hydrogen (secondary N) is 1. The lowest BCUT2D eigenvalue weighted by Crippen LogP contribution is -2.24. The van der Waals surface area contributed by atoms with Crippen LogP contribution in [0.1, 0.15) is 30.0 Å². The minimum Gasteiger partial charge on any atom is -0.369 e. The molecule has 1 aliphatic rings.